The molecule has 0 aromatic carbocycles. The maximum absolute atomic E-state index is 11.2. The van der Waals surface area contributed by atoms with Crippen molar-refractivity contribution in [2.24, 2.45) is 10.9 Å². The minimum Gasteiger partial charge on any atom is -0.300 e. The summed E-state index contributed by atoms with van der Waals surface area (Å²) in [5.41, 5.74) is 0. The van der Waals surface area contributed by atoms with Crippen molar-refractivity contribution in [3.8, 4) is 0 Å². The van der Waals surface area contributed by atoms with Crippen molar-refractivity contribution < 1.29 is 4.79 Å². The zero-order valence-electron chi connectivity index (χ0n) is 7.41. The minimum absolute atomic E-state index is 0.222. The summed E-state index contributed by atoms with van der Waals surface area (Å²) in [6.07, 6.45) is 2.22. The molecule has 66 valence electrons. The largest absolute Gasteiger partial charge is 0.300 e. The molecular weight excluding hydrogens is 170 g/mol. The van der Waals surface area contributed by atoms with Gasteiger partial charge in [-0.05, 0) is 26.7 Å². The topological polar surface area (TPSA) is 29.4 Å². The summed E-state index contributed by atoms with van der Waals surface area (Å²) in [6.45, 7) is 3.74. The number of rotatable bonds is 1. The Labute approximate surface area is 76.8 Å². The zero-order chi connectivity index (χ0) is 8.72. The third kappa shape index (κ3) is 1.20. The molecule has 1 aliphatic carbocycles. The van der Waals surface area contributed by atoms with Crippen LogP contribution >= 0.6 is 11.8 Å². The van der Waals surface area contributed by atoms with E-state index >= 15 is 0 Å². The lowest BCUT2D eigenvalue weighted by atomic mass is 10.00. The van der Waals surface area contributed by atoms with E-state index in [0.29, 0.717) is 17.1 Å². The first-order valence-electron chi connectivity index (χ1n) is 4.40. The number of carbonyl (C=O) groups is 1. The number of aliphatic imine (C=N–C) groups is 1. The molecule has 0 bridgehead atoms. The Morgan fingerprint density at radius 2 is 2.33 bits per heavy atom. The van der Waals surface area contributed by atoms with E-state index in [4.69, 9.17) is 0 Å². The van der Waals surface area contributed by atoms with Gasteiger partial charge in [-0.1, -0.05) is 0 Å². The smallest absolute Gasteiger partial charge is 0.135 e. The first-order chi connectivity index (χ1) is 5.68. The average Bonchev–Trinajstić information content (AvgIpc) is 2.43. The fourth-order valence-electron chi connectivity index (χ4n) is 2.15. The third-order valence-electron chi connectivity index (χ3n) is 2.73. The zero-order valence-corrected chi connectivity index (χ0v) is 8.23. The van der Waals surface area contributed by atoms with Crippen LogP contribution in [-0.2, 0) is 4.79 Å². The number of thioether (sulfide) groups is 1. The van der Waals surface area contributed by atoms with Crippen LogP contribution in [0.25, 0.3) is 0 Å². The van der Waals surface area contributed by atoms with Crippen molar-refractivity contribution in [1.82, 2.24) is 0 Å². The molecule has 0 N–H and O–H groups in total. The maximum Gasteiger partial charge on any atom is 0.135 e. The van der Waals surface area contributed by atoms with Crippen LogP contribution in [0.5, 0.6) is 0 Å². The molecule has 0 aromatic heterocycles. The Morgan fingerprint density at radius 1 is 1.58 bits per heavy atom. The van der Waals surface area contributed by atoms with Crippen molar-refractivity contribution in [3.05, 3.63) is 0 Å². The van der Waals surface area contributed by atoms with Crippen LogP contribution in [-0.4, -0.2) is 22.1 Å². The second kappa shape index (κ2) is 2.87. The van der Waals surface area contributed by atoms with Gasteiger partial charge in [-0.3, -0.25) is 9.79 Å². The second-order valence-electron chi connectivity index (χ2n) is 3.59. The lowest BCUT2D eigenvalue weighted by molar-refractivity contribution is -0.120. The van der Waals surface area contributed by atoms with E-state index in [1.807, 2.05) is 18.7 Å². The standard InChI is InChI=1S/C9H13NOS/c1-5(11)7-3-4-8-9(7)10-6(2)12-8/h7-9H,3-4H2,1-2H3. The molecule has 0 amide bonds. The van der Waals surface area contributed by atoms with Gasteiger partial charge < -0.3 is 0 Å². The molecule has 3 unspecified atom stereocenters. The minimum atomic E-state index is 0.222. The highest BCUT2D eigenvalue weighted by Crippen LogP contribution is 2.42. The Bertz CT molecular complexity index is 249. The number of nitrogens with zero attached hydrogens (tertiary/aromatic N) is 1. The Hall–Kier alpha value is -0.310. The molecule has 1 fully saturated rings. The van der Waals surface area contributed by atoms with Crippen LogP contribution in [0, 0.1) is 5.92 Å². The van der Waals surface area contributed by atoms with E-state index < -0.39 is 0 Å². The van der Waals surface area contributed by atoms with Crippen LogP contribution in [0.2, 0.25) is 0 Å². The number of fused-ring (bicyclic) bond motifs is 1. The number of Topliss-reactive ketones (excluding diaryl/α,β-unsaturated/α-hetero) is 1. The van der Waals surface area contributed by atoms with Gasteiger partial charge >= 0.3 is 0 Å². The molecule has 2 rings (SSSR count). The van der Waals surface area contributed by atoms with Crippen molar-refractivity contribution in [3.63, 3.8) is 0 Å². The SMILES string of the molecule is CC(=O)C1CCC2SC(C)=NC21. The summed E-state index contributed by atoms with van der Waals surface area (Å²) in [5.74, 6) is 0.543. The van der Waals surface area contributed by atoms with Gasteiger partial charge in [-0.2, -0.15) is 0 Å². The lowest BCUT2D eigenvalue weighted by Crippen LogP contribution is -2.22. The lowest BCUT2D eigenvalue weighted by Gasteiger charge is -2.11. The predicted octanol–water partition coefficient (Wildman–Crippen LogP) is 1.89. The Balaban J connectivity index is 2.17. The normalized spacial score (nSPS) is 39.5. The van der Waals surface area contributed by atoms with Crippen LogP contribution in [0.3, 0.4) is 0 Å². The quantitative estimate of drug-likeness (QED) is 0.621. The molecule has 3 heteroatoms. The van der Waals surface area contributed by atoms with Crippen LogP contribution in [0.4, 0.5) is 0 Å². The molecule has 2 aliphatic rings. The first-order valence-corrected chi connectivity index (χ1v) is 5.28. The van der Waals surface area contributed by atoms with E-state index in [9.17, 15) is 4.79 Å². The molecule has 2 nitrogen and oxygen atoms in total. The molecule has 1 aliphatic heterocycles. The Morgan fingerprint density at radius 3 is 3.00 bits per heavy atom. The van der Waals surface area contributed by atoms with Crippen LogP contribution < -0.4 is 0 Å². The van der Waals surface area contributed by atoms with E-state index in [0.717, 1.165) is 11.5 Å². The van der Waals surface area contributed by atoms with Gasteiger partial charge in [-0.15, -0.1) is 11.8 Å². The van der Waals surface area contributed by atoms with Crippen molar-refractivity contribution >= 4 is 22.6 Å². The summed E-state index contributed by atoms with van der Waals surface area (Å²) < 4.78 is 0. The highest BCUT2D eigenvalue weighted by molar-refractivity contribution is 8.14. The molecule has 0 spiro atoms. The van der Waals surface area contributed by atoms with Gasteiger partial charge in [0.05, 0.1) is 11.1 Å². The molecule has 1 saturated carbocycles. The molecule has 0 aromatic rings. The summed E-state index contributed by atoms with van der Waals surface area (Å²) in [5, 5.41) is 1.77. The molecule has 0 radical (unpaired) electrons. The van der Waals surface area contributed by atoms with Gasteiger partial charge in [0.1, 0.15) is 5.78 Å². The Kier molecular flexibility index (Phi) is 1.99. The average molecular weight is 183 g/mol. The van der Waals surface area contributed by atoms with Crippen molar-refractivity contribution in [2.45, 2.75) is 38.0 Å². The van der Waals surface area contributed by atoms with Gasteiger partial charge in [-0.25, -0.2) is 0 Å². The molecule has 12 heavy (non-hydrogen) atoms. The van der Waals surface area contributed by atoms with E-state index in [1.165, 1.54) is 6.42 Å². The number of hydrogen-bond donors (Lipinski definition) is 0. The second-order valence-corrected chi connectivity index (χ2v) is 5.02. The predicted molar refractivity (Wildman–Crippen MR) is 51.7 cm³/mol. The number of ketones is 1. The monoisotopic (exact) mass is 183 g/mol. The molecule has 0 saturated heterocycles. The summed E-state index contributed by atoms with van der Waals surface area (Å²) in [7, 11) is 0. The first kappa shape index (κ1) is 8.30. The summed E-state index contributed by atoms with van der Waals surface area (Å²) in [6, 6.07) is 0.312. The summed E-state index contributed by atoms with van der Waals surface area (Å²) >= 11 is 1.86. The van der Waals surface area contributed by atoms with E-state index in [2.05, 4.69) is 4.99 Å². The van der Waals surface area contributed by atoms with Crippen LogP contribution in [0.15, 0.2) is 4.99 Å². The highest BCUT2D eigenvalue weighted by Gasteiger charge is 2.42. The van der Waals surface area contributed by atoms with Gasteiger partial charge in [0.2, 0.25) is 0 Å². The van der Waals surface area contributed by atoms with E-state index in [-0.39, 0.29) is 5.92 Å². The van der Waals surface area contributed by atoms with Crippen molar-refractivity contribution in [2.75, 3.05) is 0 Å². The van der Waals surface area contributed by atoms with E-state index in [1.54, 1.807) is 6.92 Å². The maximum atomic E-state index is 11.2. The van der Waals surface area contributed by atoms with Gasteiger partial charge in [0, 0.05) is 11.2 Å². The van der Waals surface area contributed by atoms with Gasteiger partial charge in [0.25, 0.3) is 0 Å². The van der Waals surface area contributed by atoms with Crippen molar-refractivity contribution in [1.29, 1.82) is 0 Å². The van der Waals surface area contributed by atoms with Crippen LogP contribution in [0.1, 0.15) is 26.7 Å². The fourth-order valence-corrected chi connectivity index (χ4v) is 3.41. The summed E-state index contributed by atoms with van der Waals surface area (Å²) in [4.78, 5) is 15.7. The number of hydrogen-bond acceptors (Lipinski definition) is 3. The fraction of sp³-hybridized carbons (Fsp3) is 0.778. The van der Waals surface area contributed by atoms with Gasteiger partial charge in [0.15, 0.2) is 0 Å². The number of carbonyl (C=O) groups excluding carboxylic acids is 1. The third-order valence-corrected chi connectivity index (χ3v) is 3.99. The highest BCUT2D eigenvalue weighted by atomic mass is 32.2. The molecule has 1 heterocycles. The molecular formula is C9H13NOS. The molecule has 3 atom stereocenters.